The zero-order chi connectivity index (χ0) is 10.3. The summed E-state index contributed by atoms with van der Waals surface area (Å²) >= 11 is 0. The van der Waals surface area contributed by atoms with E-state index in [4.69, 9.17) is 4.74 Å². The summed E-state index contributed by atoms with van der Waals surface area (Å²) < 4.78 is 18.8. The van der Waals surface area contributed by atoms with Crippen LogP contribution in [0.2, 0.25) is 0 Å². The summed E-state index contributed by atoms with van der Waals surface area (Å²) in [6, 6.07) is 5.45. The summed E-state index contributed by atoms with van der Waals surface area (Å²) in [4.78, 5) is 0. The number of halogens is 1. The van der Waals surface area contributed by atoms with Crippen LogP contribution in [-0.4, -0.2) is 19.2 Å². The van der Waals surface area contributed by atoms with Gasteiger partial charge in [0.25, 0.3) is 0 Å². The molecule has 0 radical (unpaired) electrons. The molecule has 1 N–H and O–H groups in total. The molecule has 1 aliphatic heterocycles. The number of hydrogen-bond acceptors (Lipinski definition) is 2. The van der Waals surface area contributed by atoms with Crippen LogP contribution in [0, 0.1) is 5.82 Å². The number of hydrogen-bond donors (Lipinski definition) is 1. The molecule has 15 heavy (non-hydrogen) atoms. The van der Waals surface area contributed by atoms with Crippen molar-refractivity contribution in [3.63, 3.8) is 0 Å². The molecule has 1 aromatic rings. The quantitative estimate of drug-likeness (QED) is 0.700. The fraction of sp³-hybridized carbons (Fsp3) is 0.500. The highest BCUT2D eigenvalue weighted by atomic mass is 19.1. The van der Waals surface area contributed by atoms with Gasteiger partial charge in [-0.1, -0.05) is 6.07 Å². The van der Waals surface area contributed by atoms with Crippen LogP contribution in [0.4, 0.5) is 4.39 Å². The fourth-order valence-electron chi connectivity index (χ4n) is 2.59. The van der Waals surface area contributed by atoms with Gasteiger partial charge in [0.2, 0.25) is 0 Å². The average molecular weight is 207 g/mol. The van der Waals surface area contributed by atoms with Crippen LogP contribution in [0.3, 0.4) is 0 Å². The Balaban J connectivity index is 1.99. The third kappa shape index (κ3) is 1.56. The average Bonchev–Trinajstić information content (AvgIpc) is 2.28. The van der Waals surface area contributed by atoms with E-state index in [1.165, 1.54) is 11.6 Å². The molecule has 3 heteroatoms. The van der Waals surface area contributed by atoms with Crippen molar-refractivity contribution in [2.75, 3.05) is 13.2 Å². The smallest absolute Gasteiger partial charge is 0.123 e. The predicted octanol–water partition coefficient (Wildman–Crippen LogP) is 1.80. The third-order valence-corrected chi connectivity index (χ3v) is 3.31. The Kier molecular flexibility index (Phi) is 2.22. The fourth-order valence-corrected chi connectivity index (χ4v) is 2.59. The van der Waals surface area contributed by atoms with E-state index >= 15 is 0 Å². The molecule has 2 aliphatic rings. The van der Waals surface area contributed by atoms with Crippen molar-refractivity contribution < 1.29 is 9.13 Å². The van der Waals surface area contributed by atoms with Gasteiger partial charge in [0.15, 0.2) is 0 Å². The van der Waals surface area contributed by atoms with E-state index in [1.807, 2.05) is 6.07 Å². The molecule has 2 unspecified atom stereocenters. The first kappa shape index (κ1) is 9.31. The summed E-state index contributed by atoms with van der Waals surface area (Å²) in [5.41, 5.74) is 2.28. The lowest BCUT2D eigenvalue weighted by molar-refractivity contribution is -0.0127. The van der Waals surface area contributed by atoms with Crippen molar-refractivity contribution in [2.45, 2.75) is 25.0 Å². The van der Waals surface area contributed by atoms with Crippen molar-refractivity contribution in [3.05, 3.63) is 35.1 Å². The molecule has 0 saturated carbocycles. The van der Waals surface area contributed by atoms with Gasteiger partial charge in [-0.25, -0.2) is 4.39 Å². The molecule has 0 aromatic heterocycles. The first-order valence-corrected chi connectivity index (χ1v) is 5.48. The molecule has 0 spiro atoms. The number of fused-ring (bicyclic) bond motifs is 3. The van der Waals surface area contributed by atoms with Crippen molar-refractivity contribution in [1.82, 2.24) is 5.32 Å². The Morgan fingerprint density at radius 3 is 3.27 bits per heavy atom. The number of aryl methyl sites for hydroxylation is 1. The van der Waals surface area contributed by atoms with Gasteiger partial charge in [0.05, 0.1) is 12.7 Å². The van der Waals surface area contributed by atoms with E-state index in [1.54, 1.807) is 6.07 Å². The normalized spacial score (nSPS) is 29.4. The lowest BCUT2D eigenvalue weighted by atomic mass is 9.85. The van der Waals surface area contributed by atoms with Crippen molar-refractivity contribution in [2.24, 2.45) is 0 Å². The largest absolute Gasteiger partial charge is 0.371 e. The SMILES string of the molecule is Fc1ccc2c(c1)CCC1NCCOC21. The maximum Gasteiger partial charge on any atom is 0.123 e. The summed E-state index contributed by atoms with van der Waals surface area (Å²) in [5, 5.41) is 3.46. The van der Waals surface area contributed by atoms with Crippen LogP contribution in [0.5, 0.6) is 0 Å². The summed E-state index contributed by atoms with van der Waals surface area (Å²) in [5.74, 6) is -0.143. The number of benzene rings is 1. The molecule has 0 bridgehead atoms. The van der Waals surface area contributed by atoms with Crippen molar-refractivity contribution in [1.29, 1.82) is 0 Å². The Morgan fingerprint density at radius 1 is 1.40 bits per heavy atom. The molecule has 2 nitrogen and oxygen atoms in total. The Bertz CT molecular complexity index is 380. The summed E-state index contributed by atoms with van der Waals surface area (Å²) in [7, 11) is 0. The van der Waals surface area contributed by atoms with Gasteiger partial charge in [-0.2, -0.15) is 0 Å². The maximum atomic E-state index is 13.1. The van der Waals surface area contributed by atoms with E-state index in [0.717, 1.165) is 31.6 Å². The van der Waals surface area contributed by atoms with Crippen molar-refractivity contribution in [3.8, 4) is 0 Å². The van der Waals surface area contributed by atoms with Gasteiger partial charge in [-0.15, -0.1) is 0 Å². The highest BCUT2D eigenvalue weighted by molar-refractivity contribution is 5.33. The predicted molar refractivity (Wildman–Crippen MR) is 55.2 cm³/mol. The van der Waals surface area contributed by atoms with E-state index in [-0.39, 0.29) is 11.9 Å². The molecule has 1 saturated heterocycles. The highest BCUT2D eigenvalue weighted by Gasteiger charge is 2.32. The zero-order valence-electron chi connectivity index (χ0n) is 8.50. The van der Waals surface area contributed by atoms with E-state index in [9.17, 15) is 4.39 Å². The number of nitrogens with one attached hydrogen (secondary N) is 1. The van der Waals surface area contributed by atoms with Crippen LogP contribution >= 0.6 is 0 Å². The minimum Gasteiger partial charge on any atom is -0.371 e. The van der Waals surface area contributed by atoms with Gasteiger partial charge >= 0.3 is 0 Å². The Labute approximate surface area is 88.4 Å². The second-order valence-electron chi connectivity index (χ2n) is 4.23. The monoisotopic (exact) mass is 207 g/mol. The lowest BCUT2D eigenvalue weighted by Crippen LogP contribution is -2.45. The van der Waals surface area contributed by atoms with E-state index < -0.39 is 0 Å². The standard InChI is InChI=1S/C12H14FNO/c13-9-2-3-10-8(7-9)1-4-11-12(10)15-6-5-14-11/h2-3,7,11-12,14H,1,4-6H2. The molecule has 3 rings (SSSR count). The van der Waals surface area contributed by atoms with Gasteiger partial charge in [0, 0.05) is 12.6 Å². The highest BCUT2D eigenvalue weighted by Crippen LogP contribution is 2.34. The van der Waals surface area contributed by atoms with Crippen molar-refractivity contribution >= 4 is 0 Å². The molecule has 0 amide bonds. The number of ether oxygens (including phenoxy) is 1. The van der Waals surface area contributed by atoms with Crippen LogP contribution in [0.1, 0.15) is 23.7 Å². The zero-order valence-corrected chi connectivity index (χ0v) is 8.50. The second-order valence-corrected chi connectivity index (χ2v) is 4.23. The van der Waals surface area contributed by atoms with Gasteiger partial charge in [0.1, 0.15) is 5.82 Å². The number of morpholine rings is 1. The Hall–Kier alpha value is -0.930. The lowest BCUT2D eigenvalue weighted by Gasteiger charge is -2.37. The molecular formula is C12H14FNO. The van der Waals surface area contributed by atoms with Crippen LogP contribution in [0.25, 0.3) is 0 Å². The molecule has 80 valence electrons. The summed E-state index contributed by atoms with van der Waals surface area (Å²) in [6.45, 7) is 1.68. The Morgan fingerprint density at radius 2 is 2.33 bits per heavy atom. The van der Waals surface area contributed by atoms with E-state index in [0.29, 0.717) is 6.04 Å². The van der Waals surface area contributed by atoms with E-state index in [2.05, 4.69) is 5.32 Å². The topological polar surface area (TPSA) is 21.3 Å². The maximum absolute atomic E-state index is 13.1. The minimum absolute atomic E-state index is 0.128. The second kappa shape index (κ2) is 3.58. The first-order chi connectivity index (χ1) is 7.34. The summed E-state index contributed by atoms with van der Waals surface area (Å²) in [6.07, 6.45) is 2.12. The molecule has 1 heterocycles. The van der Waals surface area contributed by atoms with Gasteiger partial charge < -0.3 is 10.1 Å². The van der Waals surface area contributed by atoms with Gasteiger partial charge in [-0.3, -0.25) is 0 Å². The molecule has 1 aliphatic carbocycles. The first-order valence-electron chi connectivity index (χ1n) is 5.48. The van der Waals surface area contributed by atoms with Crippen LogP contribution < -0.4 is 5.32 Å². The minimum atomic E-state index is -0.143. The van der Waals surface area contributed by atoms with Crippen LogP contribution in [0.15, 0.2) is 18.2 Å². The molecule has 1 fully saturated rings. The number of rotatable bonds is 0. The van der Waals surface area contributed by atoms with Crippen LogP contribution in [-0.2, 0) is 11.2 Å². The molecule has 1 aromatic carbocycles. The molecule has 2 atom stereocenters. The van der Waals surface area contributed by atoms with Gasteiger partial charge in [-0.05, 0) is 36.1 Å². The molecular weight excluding hydrogens is 193 g/mol. The third-order valence-electron chi connectivity index (χ3n) is 3.31.